The summed E-state index contributed by atoms with van der Waals surface area (Å²) in [5, 5.41) is 16.9. The summed E-state index contributed by atoms with van der Waals surface area (Å²) in [6.07, 6.45) is 1.73. The first-order valence-electron chi connectivity index (χ1n) is 4.96. The number of carbonyl (C=O) groups is 1. The zero-order chi connectivity index (χ0) is 12.3. The van der Waals surface area contributed by atoms with Crippen LogP contribution in [0.25, 0.3) is 5.69 Å². The highest BCUT2D eigenvalue weighted by atomic mass is 16.5. The van der Waals surface area contributed by atoms with Gasteiger partial charge in [-0.3, -0.25) is 4.79 Å². The number of rotatable bonds is 3. The van der Waals surface area contributed by atoms with E-state index in [4.69, 9.17) is 5.11 Å². The van der Waals surface area contributed by atoms with Crippen LogP contribution in [0, 0.1) is 0 Å². The maximum atomic E-state index is 11.0. The van der Waals surface area contributed by atoms with Crippen molar-refractivity contribution in [3.8, 4) is 11.4 Å². The maximum Gasteiger partial charge on any atom is 0.311 e. The molecule has 0 radical (unpaired) electrons. The number of esters is 1. The molecule has 0 spiro atoms. The molecule has 6 heteroatoms. The molecule has 1 aromatic carbocycles. The number of ether oxygens (including phenoxy) is 1. The summed E-state index contributed by atoms with van der Waals surface area (Å²) in [7, 11) is 1.33. The van der Waals surface area contributed by atoms with Crippen LogP contribution in [-0.4, -0.2) is 33.2 Å². The topological polar surface area (TPSA) is 77.2 Å². The molecule has 0 saturated carbocycles. The predicted molar refractivity (Wildman–Crippen MR) is 58.7 cm³/mol. The molecule has 0 fully saturated rings. The van der Waals surface area contributed by atoms with E-state index in [1.54, 1.807) is 30.5 Å². The molecule has 0 atom stereocenters. The molecule has 1 N–H and O–H groups in total. The first kappa shape index (κ1) is 11.1. The zero-order valence-electron chi connectivity index (χ0n) is 9.20. The number of aromatic hydroxyl groups is 1. The summed E-state index contributed by atoms with van der Waals surface area (Å²) in [5.74, 6) is -0.175. The lowest BCUT2D eigenvalue weighted by Crippen LogP contribution is -2.04. The van der Waals surface area contributed by atoms with Crippen LogP contribution in [0.2, 0.25) is 0 Å². The first-order valence-corrected chi connectivity index (χ1v) is 4.96. The zero-order valence-corrected chi connectivity index (χ0v) is 9.20. The lowest BCUT2D eigenvalue weighted by Gasteiger charge is -1.99. The highest BCUT2D eigenvalue weighted by Gasteiger charge is 2.08. The van der Waals surface area contributed by atoms with E-state index in [1.165, 1.54) is 11.8 Å². The van der Waals surface area contributed by atoms with Crippen molar-refractivity contribution in [1.29, 1.82) is 0 Å². The molecular weight excluding hydrogens is 222 g/mol. The van der Waals surface area contributed by atoms with Crippen LogP contribution in [-0.2, 0) is 16.0 Å². The van der Waals surface area contributed by atoms with Crippen LogP contribution >= 0.6 is 0 Å². The Bertz CT molecular complexity index is 519. The Morgan fingerprint density at radius 1 is 1.41 bits per heavy atom. The number of hydrogen-bond acceptors (Lipinski definition) is 5. The summed E-state index contributed by atoms with van der Waals surface area (Å²) in [6.45, 7) is 0. The van der Waals surface area contributed by atoms with Crippen LogP contribution in [0.4, 0.5) is 0 Å². The fraction of sp³-hybridized carbons (Fsp3) is 0.182. The molecule has 0 aliphatic carbocycles. The van der Waals surface area contributed by atoms with Crippen molar-refractivity contribution in [2.45, 2.75) is 6.42 Å². The van der Waals surface area contributed by atoms with Crippen LogP contribution in [0.5, 0.6) is 5.75 Å². The van der Waals surface area contributed by atoms with E-state index >= 15 is 0 Å². The van der Waals surface area contributed by atoms with E-state index < -0.39 is 0 Å². The van der Waals surface area contributed by atoms with Crippen molar-refractivity contribution < 1.29 is 14.6 Å². The van der Waals surface area contributed by atoms with Crippen LogP contribution in [0.3, 0.4) is 0 Å². The maximum absolute atomic E-state index is 11.0. The molecule has 0 aliphatic heterocycles. The first-order chi connectivity index (χ1) is 8.19. The Hall–Kier alpha value is -2.37. The number of phenolic OH excluding ortho intramolecular Hbond substituents is 1. The largest absolute Gasteiger partial charge is 0.508 e. The van der Waals surface area contributed by atoms with E-state index in [0.717, 1.165) is 5.69 Å². The van der Waals surface area contributed by atoms with Gasteiger partial charge in [0, 0.05) is 0 Å². The SMILES string of the molecule is COC(=O)Cc1cn(-c2ccc(O)cc2)nn1. The van der Waals surface area contributed by atoms with Gasteiger partial charge in [-0.15, -0.1) is 5.10 Å². The summed E-state index contributed by atoms with van der Waals surface area (Å²) in [6, 6.07) is 6.51. The third kappa shape index (κ3) is 2.60. The Labute approximate surface area is 97.4 Å². The second-order valence-corrected chi connectivity index (χ2v) is 3.42. The van der Waals surface area contributed by atoms with Gasteiger partial charge in [0.05, 0.1) is 31.1 Å². The van der Waals surface area contributed by atoms with Gasteiger partial charge in [0.1, 0.15) is 5.75 Å². The minimum absolute atomic E-state index is 0.0918. The van der Waals surface area contributed by atoms with Crippen molar-refractivity contribution in [2.24, 2.45) is 0 Å². The molecular formula is C11H11N3O3. The van der Waals surface area contributed by atoms with Crippen molar-refractivity contribution >= 4 is 5.97 Å². The predicted octanol–water partition coefficient (Wildman–Crippen LogP) is 0.688. The quantitative estimate of drug-likeness (QED) is 0.789. The Kier molecular flexibility index (Phi) is 3.04. The number of nitrogens with zero attached hydrogens (tertiary/aromatic N) is 3. The smallest absolute Gasteiger partial charge is 0.311 e. The third-order valence-corrected chi connectivity index (χ3v) is 2.21. The molecule has 0 bridgehead atoms. The van der Waals surface area contributed by atoms with Crippen LogP contribution in [0.15, 0.2) is 30.5 Å². The van der Waals surface area contributed by atoms with Gasteiger partial charge >= 0.3 is 5.97 Å². The van der Waals surface area contributed by atoms with Gasteiger partial charge in [0.2, 0.25) is 0 Å². The fourth-order valence-corrected chi connectivity index (χ4v) is 1.33. The monoisotopic (exact) mass is 233 g/mol. The van der Waals surface area contributed by atoms with E-state index in [9.17, 15) is 4.79 Å². The van der Waals surface area contributed by atoms with Gasteiger partial charge in [0.25, 0.3) is 0 Å². The molecule has 2 rings (SSSR count). The third-order valence-electron chi connectivity index (χ3n) is 2.21. The molecule has 0 amide bonds. The minimum Gasteiger partial charge on any atom is -0.508 e. The van der Waals surface area contributed by atoms with Crippen molar-refractivity contribution in [2.75, 3.05) is 7.11 Å². The number of methoxy groups -OCH3 is 1. The molecule has 6 nitrogen and oxygen atoms in total. The van der Waals surface area contributed by atoms with Gasteiger partial charge < -0.3 is 9.84 Å². The highest BCUT2D eigenvalue weighted by Crippen LogP contribution is 2.12. The normalized spacial score (nSPS) is 10.2. The van der Waals surface area contributed by atoms with E-state index in [0.29, 0.717) is 5.69 Å². The molecule has 1 aromatic heterocycles. The van der Waals surface area contributed by atoms with Crippen LogP contribution < -0.4 is 0 Å². The molecule has 17 heavy (non-hydrogen) atoms. The molecule has 0 unspecified atom stereocenters. The lowest BCUT2D eigenvalue weighted by molar-refractivity contribution is -0.139. The van der Waals surface area contributed by atoms with Gasteiger partial charge in [-0.1, -0.05) is 5.21 Å². The van der Waals surface area contributed by atoms with Crippen molar-refractivity contribution in [1.82, 2.24) is 15.0 Å². The molecule has 2 aromatic rings. The standard InChI is InChI=1S/C11H11N3O3/c1-17-11(16)6-8-7-14(13-12-8)9-2-4-10(15)5-3-9/h2-5,7,15H,6H2,1H3. The Morgan fingerprint density at radius 2 is 2.12 bits per heavy atom. The number of benzene rings is 1. The average Bonchev–Trinajstić information content (AvgIpc) is 2.78. The highest BCUT2D eigenvalue weighted by molar-refractivity contribution is 5.71. The van der Waals surface area contributed by atoms with E-state index in [-0.39, 0.29) is 18.1 Å². The molecule has 1 heterocycles. The minimum atomic E-state index is -0.359. The Morgan fingerprint density at radius 3 is 2.76 bits per heavy atom. The summed E-state index contributed by atoms with van der Waals surface area (Å²) in [4.78, 5) is 11.0. The number of carbonyl (C=O) groups excluding carboxylic acids is 1. The van der Waals surface area contributed by atoms with E-state index in [1.807, 2.05) is 0 Å². The molecule has 0 aliphatic rings. The molecule has 0 saturated heterocycles. The van der Waals surface area contributed by atoms with Crippen molar-refractivity contribution in [3.05, 3.63) is 36.2 Å². The average molecular weight is 233 g/mol. The van der Waals surface area contributed by atoms with Gasteiger partial charge in [0.15, 0.2) is 0 Å². The molecule has 88 valence electrons. The Balaban J connectivity index is 2.18. The van der Waals surface area contributed by atoms with Gasteiger partial charge in [-0.05, 0) is 24.3 Å². The number of hydrogen-bond donors (Lipinski definition) is 1. The van der Waals surface area contributed by atoms with Crippen molar-refractivity contribution in [3.63, 3.8) is 0 Å². The van der Waals surface area contributed by atoms with E-state index in [2.05, 4.69) is 15.0 Å². The summed E-state index contributed by atoms with van der Waals surface area (Å²) in [5.41, 5.74) is 1.29. The van der Waals surface area contributed by atoms with Gasteiger partial charge in [-0.2, -0.15) is 0 Å². The number of phenols is 1. The summed E-state index contributed by atoms with van der Waals surface area (Å²) < 4.78 is 6.06. The fourth-order valence-electron chi connectivity index (χ4n) is 1.33. The lowest BCUT2D eigenvalue weighted by atomic mass is 10.3. The second-order valence-electron chi connectivity index (χ2n) is 3.42. The number of aromatic nitrogens is 3. The summed E-state index contributed by atoms with van der Waals surface area (Å²) >= 11 is 0. The second kappa shape index (κ2) is 4.65. The van der Waals surface area contributed by atoms with Gasteiger partial charge in [-0.25, -0.2) is 4.68 Å². The van der Waals surface area contributed by atoms with Crippen LogP contribution in [0.1, 0.15) is 5.69 Å².